The minimum Gasteiger partial charge on any atom is -0.507 e. The van der Waals surface area contributed by atoms with E-state index in [0.717, 1.165) is 26.5 Å². The lowest BCUT2D eigenvalue weighted by Crippen LogP contribution is -1.98. The summed E-state index contributed by atoms with van der Waals surface area (Å²) < 4.78 is 1.02. The van der Waals surface area contributed by atoms with Crippen molar-refractivity contribution < 1.29 is 5.11 Å². The minimum atomic E-state index is 0.321. The summed E-state index contributed by atoms with van der Waals surface area (Å²) in [7, 11) is 2.69. The number of rotatable bonds is 1. The molecule has 1 N–H and O–H groups in total. The quantitative estimate of drug-likeness (QED) is 0.797. The van der Waals surface area contributed by atoms with E-state index in [1.54, 1.807) is 6.07 Å². The molecule has 0 saturated carbocycles. The van der Waals surface area contributed by atoms with E-state index in [4.69, 9.17) is 0 Å². The first-order valence-electron chi connectivity index (χ1n) is 4.93. The van der Waals surface area contributed by atoms with Gasteiger partial charge in [-0.05, 0) is 35.5 Å². The molecular weight excluding hydrogens is 283 g/mol. The molecule has 2 aromatic carbocycles. The van der Waals surface area contributed by atoms with Gasteiger partial charge in [-0.15, -0.1) is 9.24 Å². The summed E-state index contributed by atoms with van der Waals surface area (Å²) in [5, 5.41) is 11.0. The van der Waals surface area contributed by atoms with Gasteiger partial charge in [0.05, 0.1) is 0 Å². The number of aryl methyl sites for hydroxylation is 1. The molecule has 1 unspecified atom stereocenters. The van der Waals surface area contributed by atoms with Crippen LogP contribution < -0.4 is 5.30 Å². The molecule has 1 nitrogen and oxygen atoms in total. The monoisotopic (exact) mass is 294 g/mol. The van der Waals surface area contributed by atoms with E-state index in [-0.39, 0.29) is 0 Å². The summed E-state index contributed by atoms with van der Waals surface area (Å²) in [6, 6.07) is 11.7. The Morgan fingerprint density at radius 1 is 1.12 bits per heavy atom. The van der Waals surface area contributed by atoms with Crippen LogP contribution in [0.5, 0.6) is 5.75 Å². The predicted octanol–water partition coefficient (Wildman–Crippen LogP) is 3.63. The molecule has 0 aliphatic rings. The van der Waals surface area contributed by atoms with Crippen LogP contribution in [0.2, 0.25) is 0 Å². The Kier molecular flexibility index (Phi) is 3.32. The third-order valence-electron chi connectivity index (χ3n) is 2.50. The van der Waals surface area contributed by atoms with Crippen LogP contribution in [-0.4, -0.2) is 5.11 Å². The molecule has 0 aliphatic heterocycles. The van der Waals surface area contributed by atoms with Crippen molar-refractivity contribution in [3.63, 3.8) is 0 Å². The third kappa shape index (κ3) is 2.14. The minimum absolute atomic E-state index is 0.321. The maximum atomic E-state index is 9.94. The van der Waals surface area contributed by atoms with Gasteiger partial charge in [0.15, 0.2) is 0 Å². The molecule has 3 heteroatoms. The standard InChI is InChI=1S/C13H12BrOP/c1-8-5-6-9(12(15)7-8)10-3-2-4-11(14)13(10)16/h2-7,15H,16H2,1H3. The average Bonchev–Trinajstić information content (AvgIpc) is 2.23. The Morgan fingerprint density at radius 2 is 1.88 bits per heavy atom. The van der Waals surface area contributed by atoms with Crippen LogP contribution in [0.4, 0.5) is 0 Å². The number of phenolic OH excluding ortho intramolecular Hbond substituents is 1. The van der Waals surface area contributed by atoms with Crippen molar-refractivity contribution in [3.05, 3.63) is 46.4 Å². The second-order valence-corrected chi connectivity index (χ2v) is 5.15. The molecule has 0 radical (unpaired) electrons. The van der Waals surface area contributed by atoms with Crippen molar-refractivity contribution in [3.8, 4) is 16.9 Å². The molecule has 0 heterocycles. The Hall–Kier alpha value is -0.850. The van der Waals surface area contributed by atoms with E-state index >= 15 is 0 Å². The van der Waals surface area contributed by atoms with Crippen molar-refractivity contribution in [2.75, 3.05) is 0 Å². The molecule has 0 amide bonds. The molecule has 0 aliphatic carbocycles. The highest BCUT2D eigenvalue weighted by Crippen LogP contribution is 2.31. The van der Waals surface area contributed by atoms with Crippen molar-refractivity contribution in [1.29, 1.82) is 0 Å². The SMILES string of the molecule is Cc1ccc(-c2cccc(Br)c2P)c(O)c1. The molecule has 2 rings (SSSR count). The molecule has 82 valence electrons. The van der Waals surface area contributed by atoms with Crippen molar-refractivity contribution in [2.45, 2.75) is 6.92 Å². The van der Waals surface area contributed by atoms with E-state index in [0.29, 0.717) is 5.75 Å². The normalized spacial score (nSPS) is 10.4. The van der Waals surface area contributed by atoms with Crippen LogP contribution in [0.15, 0.2) is 40.9 Å². The fraction of sp³-hybridized carbons (Fsp3) is 0.0769. The van der Waals surface area contributed by atoms with E-state index in [1.807, 2.05) is 37.3 Å². The summed E-state index contributed by atoms with van der Waals surface area (Å²) in [4.78, 5) is 0. The van der Waals surface area contributed by atoms with Crippen molar-refractivity contribution in [1.82, 2.24) is 0 Å². The first kappa shape index (κ1) is 11.6. The Bertz CT molecular complexity index is 537. The Balaban J connectivity index is 2.63. The van der Waals surface area contributed by atoms with Gasteiger partial charge in [0.25, 0.3) is 0 Å². The summed E-state index contributed by atoms with van der Waals surface area (Å²) >= 11 is 3.48. The fourth-order valence-corrected chi connectivity index (χ4v) is 2.36. The molecular formula is C13H12BrOP. The fourth-order valence-electron chi connectivity index (χ4n) is 1.64. The Morgan fingerprint density at radius 3 is 2.56 bits per heavy atom. The van der Waals surface area contributed by atoms with Crippen LogP contribution >= 0.6 is 25.2 Å². The summed E-state index contributed by atoms with van der Waals surface area (Å²) in [5.41, 5.74) is 2.94. The second kappa shape index (κ2) is 4.57. The van der Waals surface area contributed by atoms with Gasteiger partial charge < -0.3 is 5.11 Å². The van der Waals surface area contributed by atoms with Gasteiger partial charge in [0, 0.05) is 10.0 Å². The number of benzene rings is 2. The van der Waals surface area contributed by atoms with Gasteiger partial charge in [-0.1, -0.05) is 40.2 Å². The number of hydrogen-bond donors (Lipinski definition) is 1. The van der Waals surface area contributed by atoms with Gasteiger partial charge >= 0.3 is 0 Å². The van der Waals surface area contributed by atoms with E-state index in [2.05, 4.69) is 25.2 Å². The first-order valence-corrected chi connectivity index (χ1v) is 6.30. The number of hydrogen-bond acceptors (Lipinski definition) is 1. The summed E-state index contributed by atoms with van der Waals surface area (Å²) in [6.45, 7) is 1.96. The third-order valence-corrected chi connectivity index (χ3v) is 4.23. The zero-order valence-corrected chi connectivity index (χ0v) is 11.6. The van der Waals surface area contributed by atoms with Gasteiger partial charge in [-0.25, -0.2) is 0 Å². The highest BCUT2D eigenvalue weighted by atomic mass is 79.9. The zero-order chi connectivity index (χ0) is 11.7. The van der Waals surface area contributed by atoms with Gasteiger partial charge in [0.2, 0.25) is 0 Å². The molecule has 1 atom stereocenters. The largest absolute Gasteiger partial charge is 0.507 e. The molecule has 0 fully saturated rings. The average molecular weight is 295 g/mol. The van der Waals surface area contributed by atoms with Gasteiger partial charge in [-0.3, -0.25) is 0 Å². The number of phenols is 1. The van der Waals surface area contributed by atoms with Gasteiger partial charge in [0.1, 0.15) is 5.75 Å². The number of halogens is 1. The molecule has 0 spiro atoms. The van der Waals surface area contributed by atoms with E-state index in [1.165, 1.54) is 0 Å². The lowest BCUT2D eigenvalue weighted by atomic mass is 10.0. The lowest BCUT2D eigenvalue weighted by Gasteiger charge is -2.10. The van der Waals surface area contributed by atoms with Crippen molar-refractivity contribution in [2.24, 2.45) is 0 Å². The summed E-state index contributed by atoms with van der Waals surface area (Å²) in [5.74, 6) is 0.321. The molecule has 16 heavy (non-hydrogen) atoms. The maximum Gasteiger partial charge on any atom is 0.123 e. The molecule has 0 aromatic heterocycles. The van der Waals surface area contributed by atoms with Crippen LogP contribution in [0.1, 0.15) is 5.56 Å². The first-order chi connectivity index (χ1) is 7.59. The molecule has 0 bridgehead atoms. The maximum absolute atomic E-state index is 9.94. The van der Waals surface area contributed by atoms with E-state index in [9.17, 15) is 5.11 Å². The Labute approximate surface area is 106 Å². The lowest BCUT2D eigenvalue weighted by molar-refractivity contribution is 0.477. The molecule has 2 aromatic rings. The smallest absolute Gasteiger partial charge is 0.123 e. The van der Waals surface area contributed by atoms with Crippen LogP contribution in [-0.2, 0) is 0 Å². The topological polar surface area (TPSA) is 20.2 Å². The van der Waals surface area contributed by atoms with Crippen molar-refractivity contribution >= 4 is 30.5 Å². The zero-order valence-electron chi connectivity index (χ0n) is 8.87. The van der Waals surface area contributed by atoms with E-state index < -0.39 is 0 Å². The van der Waals surface area contributed by atoms with Crippen LogP contribution in [0.25, 0.3) is 11.1 Å². The second-order valence-electron chi connectivity index (χ2n) is 3.72. The predicted molar refractivity (Wildman–Crippen MR) is 75.3 cm³/mol. The molecule has 0 saturated heterocycles. The highest BCUT2D eigenvalue weighted by molar-refractivity contribution is 9.10. The van der Waals surface area contributed by atoms with Gasteiger partial charge in [-0.2, -0.15) is 0 Å². The summed E-state index contributed by atoms with van der Waals surface area (Å²) in [6.07, 6.45) is 0. The highest BCUT2D eigenvalue weighted by Gasteiger charge is 2.08. The van der Waals surface area contributed by atoms with Crippen LogP contribution in [0.3, 0.4) is 0 Å². The number of aromatic hydroxyl groups is 1. The van der Waals surface area contributed by atoms with Crippen LogP contribution in [0, 0.1) is 6.92 Å².